The number of rotatable bonds is 3. The van der Waals surface area contributed by atoms with Crippen molar-refractivity contribution >= 4 is 11.7 Å². The lowest BCUT2D eigenvalue weighted by molar-refractivity contribution is 0.0270. The Hall–Kier alpha value is -3.41. The minimum atomic E-state index is -0.479. The number of aromatic nitrogens is 2. The maximum atomic E-state index is 12.3. The second-order valence-corrected chi connectivity index (χ2v) is 8.70. The van der Waals surface area contributed by atoms with Gasteiger partial charge < -0.3 is 14.2 Å². The Bertz CT molecular complexity index is 1110. The van der Waals surface area contributed by atoms with E-state index >= 15 is 0 Å². The molecule has 1 aliphatic rings. The highest BCUT2D eigenvalue weighted by molar-refractivity contribution is 5.76. The molecule has 0 fully saturated rings. The summed E-state index contributed by atoms with van der Waals surface area (Å²) >= 11 is 0. The van der Waals surface area contributed by atoms with Gasteiger partial charge in [-0.25, -0.2) is 4.79 Å². The molecule has 0 saturated heterocycles. The third-order valence-corrected chi connectivity index (χ3v) is 5.10. The fraction of sp³-hybridized carbons (Fsp3) is 0.320. The molecule has 0 radical (unpaired) electrons. The zero-order valence-electron chi connectivity index (χ0n) is 18.4. The van der Waals surface area contributed by atoms with Crippen molar-refractivity contribution in [2.45, 2.75) is 39.7 Å². The Labute approximate surface area is 182 Å². The van der Waals surface area contributed by atoms with E-state index in [9.17, 15) is 4.79 Å². The number of carbonyl (C=O) groups is 1. The summed E-state index contributed by atoms with van der Waals surface area (Å²) in [5.41, 5.74) is 5.14. The topological polar surface area (TPSA) is 68.5 Å². The van der Waals surface area contributed by atoms with Gasteiger partial charge in [-0.15, -0.1) is 0 Å². The first-order chi connectivity index (χ1) is 14.8. The predicted octanol–water partition coefficient (Wildman–Crippen LogP) is 5.74. The van der Waals surface area contributed by atoms with Crippen molar-refractivity contribution in [3.05, 3.63) is 66.1 Å². The molecule has 1 aliphatic heterocycles. The van der Waals surface area contributed by atoms with Crippen LogP contribution >= 0.6 is 0 Å². The molecule has 4 rings (SSSR count). The number of hydrogen-bond donors (Lipinski definition) is 0. The van der Waals surface area contributed by atoms with Crippen molar-refractivity contribution in [2.24, 2.45) is 0 Å². The minimum Gasteiger partial charge on any atom is -0.444 e. The van der Waals surface area contributed by atoms with Crippen molar-refractivity contribution in [3.8, 4) is 22.5 Å². The highest BCUT2D eigenvalue weighted by atomic mass is 16.6. The first-order valence-electron chi connectivity index (χ1n) is 10.5. The van der Waals surface area contributed by atoms with Crippen LogP contribution in [0.5, 0.6) is 0 Å². The van der Waals surface area contributed by atoms with Crippen LogP contribution in [0.3, 0.4) is 0 Å². The second kappa shape index (κ2) is 8.38. The number of benzene rings is 2. The molecule has 1 aromatic heterocycles. The molecule has 0 aliphatic carbocycles. The van der Waals surface area contributed by atoms with Gasteiger partial charge in [0.05, 0.1) is 0 Å². The Morgan fingerprint density at radius 3 is 2.35 bits per heavy atom. The van der Waals surface area contributed by atoms with E-state index in [4.69, 9.17) is 9.26 Å². The molecule has 1 amide bonds. The molecule has 3 aromatic rings. The zero-order chi connectivity index (χ0) is 22.0. The molecule has 31 heavy (non-hydrogen) atoms. The number of ether oxygens (including phenoxy) is 1. The smallest absolute Gasteiger partial charge is 0.410 e. The van der Waals surface area contributed by atoms with Crippen molar-refractivity contribution in [1.82, 2.24) is 15.0 Å². The van der Waals surface area contributed by atoms with E-state index in [0.717, 1.165) is 23.1 Å². The van der Waals surface area contributed by atoms with Gasteiger partial charge in [0.1, 0.15) is 5.60 Å². The lowest BCUT2D eigenvalue weighted by Gasteiger charge is -2.29. The predicted molar refractivity (Wildman–Crippen MR) is 120 cm³/mol. The lowest BCUT2D eigenvalue weighted by Crippen LogP contribution is -2.39. The summed E-state index contributed by atoms with van der Waals surface area (Å²) in [4.78, 5) is 18.3. The fourth-order valence-electron chi connectivity index (χ4n) is 3.55. The fourth-order valence-corrected chi connectivity index (χ4v) is 3.55. The molecular formula is C25H27N3O3. The van der Waals surface area contributed by atoms with E-state index < -0.39 is 5.60 Å². The summed E-state index contributed by atoms with van der Waals surface area (Å²) in [6.45, 7) is 8.66. The van der Waals surface area contributed by atoms with Gasteiger partial charge in [-0.2, -0.15) is 4.98 Å². The molecule has 2 aromatic carbocycles. The van der Waals surface area contributed by atoms with Gasteiger partial charge in [0.15, 0.2) is 0 Å². The maximum Gasteiger partial charge on any atom is 0.410 e. The number of carbonyl (C=O) groups excluding carboxylic acids is 1. The molecule has 6 heteroatoms. The van der Waals surface area contributed by atoms with Crippen LogP contribution in [0.2, 0.25) is 0 Å². The third kappa shape index (κ3) is 5.02. The standard InChI is InChI=1S/C25H27N3O3/c1-17-26-23(27-31-17)20-10-8-18(9-11-20)21-6-5-7-22(16-21)19-12-14-28(15-13-19)24(29)30-25(2,3)4/h5-12,16H,13-15H2,1-4H3. The molecular weight excluding hydrogens is 390 g/mol. The van der Waals surface area contributed by atoms with Gasteiger partial charge in [-0.3, -0.25) is 0 Å². The number of nitrogens with zero attached hydrogens (tertiary/aromatic N) is 3. The van der Waals surface area contributed by atoms with Crippen molar-refractivity contribution < 1.29 is 14.1 Å². The molecule has 0 N–H and O–H groups in total. The van der Waals surface area contributed by atoms with Crippen LogP contribution in [0.4, 0.5) is 4.79 Å². The van der Waals surface area contributed by atoms with Crippen LogP contribution in [0.1, 0.15) is 38.6 Å². The third-order valence-electron chi connectivity index (χ3n) is 5.10. The highest BCUT2D eigenvalue weighted by Gasteiger charge is 2.23. The van der Waals surface area contributed by atoms with Crippen LogP contribution in [0.25, 0.3) is 28.1 Å². The maximum absolute atomic E-state index is 12.3. The van der Waals surface area contributed by atoms with Crippen molar-refractivity contribution in [2.75, 3.05) is 13.1 Å². The summed E-state index contributed by atoms with van der Waals surface area (Å²) in [5, 5.41) is 3.97. The minimum absolute atomic E-state index is 0.256. The van der Waals surface area contributed by atoms with Gasteiger partial charge >= 0.3 is 6.09 Å². The molecule has 6 nitrogen and oxygen atoms in total. The molecule has 0 bridgehead atoms. The largest absolute Gasteiger partial charge is 0.444 e. The van der Waals surface area contributed by atoms with Gasteiger partial charge in [0.25, 0.3) is 0 Å². The number of amides is 1. The van der Waals surface area contributed by atoms with E-state index in [2.05, 4.69) is 52.6 Å². The van der Waals surface area contributed by atoms with Gasteiger partial charge in [0.2, 0.25) is 11.7 Å². The van der Waals surface area contributed by atoms with Crippen molar-refractivity contribution in [3.63, 3.8) is 0 Å². The molecule has 0 unspecified atom stereocenters. The van der Waals surface area contributed by atoms with Gasteiger partial charge in [-0.1, -0.05) is 53.7 Å². The Morgan fingerprint density at radius 2 is 1.74 bits per heavy atom. The average molecular weight is 418 g/mol. The monoisotopic (exact) mass is 417 g/mol. The molecule has 160 valence electrons. The van der Waals surface area contributed by atoms with E-state index in [1.54, 1.807) is 11.8 Å². The summed E-state index contributed by atoms with van der Waals surface area (Å²) in [6.07, 6.45) is 2.67. The Balaban J connectivity index is 1.48. The molecule has 0 spiro atoms. The molecule has 2 heterocycles. The first-order valence-corrected chi connectivity index (χ1v) is 10.5. The number of aryl methyl sites for hydroxylation is 1. The summed E-state index contributed by atoms with van der Waals surface area (Å²) < 4.78 is 10.5. The van der Waals surface area contributed by atoms with Crippen LogP contribution in [-0.2, 0) is 4.74 Å². The van der Waals surface area contributed by atoms with E-state index in [-0.39, 0.29) is 6.09 Å². The van der Waals surface area contributed by atoms with E-state index in [1.807, 2.05) is 32.9 Å². The molecule has 0 atom stereocenters. The zero-order valence-corrected chi connectivity index (χ0v) is 18.4. The quantitative estimate of drug-likeness (QED) is 0.544. The number of hydrogen-bond acceptors (Lipinski definition) is 5. The van der Waals surface area contributed by atoms with Crippen molar-refractivity contribution in [1.29, 1.82) is 0 Å². The Kier molecular flexibility index (Phi) is 5.63. The average Bonchev–Trinajstić information content (AvgIpc) is 3.19. The van der Waals surface area contributed by atoms with Crippen LogP contribution in [0, 0.1) is 6.92 Å². The second-order valence-electron chi connectivity index (χ2n) is 8.70. The van der Waals surface area contributed by atoms with Crippen LogP contribution in [-0.4, -0.2) is 39.8 Å². The summed E-state index contributed by atoms with van der Waals surface area (Å²) in [7, 11) is 0. The van der Waals surface area contributed by atoms with Crippen LogP contribution < -0.4 is 0 Å². The van der Waals surface area contributed by atoms with E-state index in [1.165, 1.54) is 11.1 Å². The lowest BCUT2D eigenvalue weighted by atomic mass is 9.95. The van der Waals surface area contributed by atoms with Gasteiger partial charge in [0, 0.05) is 25.6 Å². The van der Waals surface area contributed by atoms with Crippen LogP contribution in [0.15, 0.2) is 59.1 Å². The SMILES string of the molecule is Cc1nc(-c2ccc(-c3cccc(C4=CCN(C(=O)OC(C)(C)C)CC4)c3)cc2)no1. The summed E-state index contributed by atoms with van der Waals surface area (Å²) in [6, 6.07) is 16.6. The normalized spacial score (nSPS) is 14.3. The summed E-state index contributed by atoms with van der Waals surface area (Å²) in [5.74, 6) is 1.15. The molecule has 0 saturated carbocycles. The highest BCUT2D eigenvalue weighted by Crippen LogP contribution is 2.29. The first kappa shape index (κ1) is 20.8. The van der Waals surface area contributed by atoms with Gasteiger partial charge in [-0.05, 0) is 55.5 Å². The Morgan fingerprint density at radius 1 is 1.03 bits per heavy atom. The van der Waals surface area contributed by atoms with E-state index in [0.29, 0.717) is 24.8 Å².